The lowest BCUT2D eigenvalue weighted by Gasteiger charge is -2.04. The van der Waals surface area contributed by atoms with Gasteiger partial charge in [0.2, 0.25) is 0 Å². The minimum absolute atomic E-state index is 0.519. The van der Waals surface area contributed by atoms with E-state index in [1.54, 1.807) is 0 Å². The average molecular weight is 373 g/mol. The predicted molar refractivity (Wildman–Crippen MR) is 110 cm³/mol. The highest BCUT2D eigenvalue weighted by Gasteiger charge is 2.05. The largest absolute Gasteiger partial charge is 0.361 e. The summed E-state index contributed by atoms with van der Waals surface area (Å²) < 4.78 is 0. The molecule has 0 bridgehead atoms. The average Bonchev–Trinajstić information content (AvgIpc) is 2.60. The van der Waals surface area contributed by atoms with Gasteiger partial charge in [-0.25, -0.2) is 0 Å². The van der Waals surface area contributed by atoms with Gasteiger partial charge in [0.25, 0.3) is 0 Å². The summed E-state index contributed by atoms with van der Waals surface area (Å²) in [7, 11) is 0. The van der Waals surface area contributed by atoms with E-state index in [2.05, 4.69) is 12.2 Å². The third-order valence-electron chi connectivity index (χ3n) is 4.40. The molecule has 0 aromatic rings. The fourth-order valence-corrected chi connectivity index (χ4v) is 3.68. The molecule has 0 aliphatic carbocycles. The first-order valence-electron chi connectivity index (χ1n) is 10.3. The molecule has 0 saturated carbocycles. The molecule has 0 aliphatic rings. The van der Waals surface area contributed by atoms with Crippen LogP contribution in [0.1, 0.15) is 96.8 Å². The number of nitrogens with two attached hydrogens (primary N) is 1. The highest BCUT2D eigenvalue weighted by Crippen LogP contribution is 2.13. The number of primary amides is 1. The zero-order valence-corrected chi connectivity index (χ0v) is 17.1. The van der Waals surface area contributed by atoms with Gasteiger partial charge in [-0.3, -0.25) is 9.59 Å². The van der Waals surface area contributed by atoms with Crippen LogP contribution in [0.15, 0.2) is 0 Å². The number of thioether (sulfide) groups is 1. The van der Waals surface area contributed by atoms with Gasteiger partial charge in [-0.15, -0.1) is 0 Å². The van der Waals surface area contributed by atoms with Gasteiger partial charge in [0.15, 0.2) is 0 Å². The number of unbranched alkanes of at least 4 members (excludes halogenated alkanes) is 13. The minimum Gasteiger partial charge on any atom is -0.361 e. The van der Waals surface area contributed by atoms with E-state index in [9.17, 15) is 9.59 Å². The fourth-order valence-electron chi connectivity index (χ4n) is 2.82. The first-order chi connectivity index (χ1) is 12.2. The van der Waals surface area contributed by atoms with Gasteiger partial charge >= 0.3 is 11.8 Å². The van der Waals surface area contributed by atoms with Gasteiger partial charge < -0.3 is 11.1 Å². The maximum Gasteiger partial charge on any atom is 0.309 e. The maximum absolute atomic E-state index is 10.9. The van der Waals surface area contributed by atoms with E-state index in [1.165, 1.54) is 89.9 Å². The van der Waals surface area contributed by atoms with Crippen LogP contribution in [0.3, 0.4) is 0 Å². The molecule has 0 radical (unpaired) electrons. The molecule has 2 amide bonds. The first-order valence-corrected chi connectivity index (χ1v) is 11.5. The number of rotatable bonds is 18. The Labute approximate surface area is 159 Å². The highest BCUT2D eigenvalue weighted by molar-refractivity contribution is 7.99. The molecule has 0 fully saturated rings. The van der Waals surface area contributed by atoms with Crippen molar-refractivity contribution in [3.63, 3.8) is 0 Å². The van der Waals surface area contributed by atoms with E-state index in [-0.39, 0.29) is 0 Å². The number of nitrogens with one attached hydrogen (secondary N) is 1. The van der Waals surface area contributed by atoms with Crippen molar-refractivity contribution in [2.24, 2.45) is 5.73 Å². The smallest absolute Gasteiger partial charge is 0.309 e. The standard InChI is InChI=1S/C20H40N2O2S/c1-2-3-4-5-6-7-8-9-10-11-12-13-14-15-17-25-18-16-22-20(24)19(21)23/h2-18H2,1H3,(H2,21,23)(H,22,24). The van der Waals surface area contributed by atoms with Crippen molar-refractivity contribution >= 4 is 23.6 Å². The zero-order valence-electron chi connectivity index (χ0n) is 16.3. The number of amides is 2. The van der Waals surface area contributed by atoms with Crippen molar-refractivity contribution in [2.45, 2.75) is 96.8 Å². The van der Waals surface area contributed by atoms with Crippen LogP contribution in [-0.4, -0.2) is 29.9 Å². The molecule has 0 unspecified atom stereocenters. The summed E-state index contributed by atoms with van der Waals surface area (Å²) in [4.78, 5) is 21.4. The van der Waals surface area contributed by atoms with Crippen LogP contribution in [0.25, 0.3) is 0 Å². The summed E-state index contributed by atoms with van der Waals surface area (Å²) >= 11 is 1.82. The van der Waals surface area contributed by atoms with Gasteiger partial charge in [0.1, 0.15) is 0 Å². The lowest BCUT2D eigenvalue weighted by atomic mass is 10.0. The number of hydrogen-bond acceptors (Lipinski definition) is 3. The molecule has 3 N–H and O–H groups in total. The van der Waals surface area contributed by atoms with Crippen molar-refractivity contribution in [3.8, 4) is 0 Å². The quantitative estimate of drug-likeness (QED) is 0.268. The summed E-state index contributed by atoms with van der Waals surface area (Å²) in [6, 6.07) is 0. The van der Waals surface area contributed by atoms with E-state index in [0.717, 1.165) is 11.5 Å². The molecule has 0 spiro atoms. The van der Waals surface area contributed by atoms with E-state index in [1.807, 2.05) is 11.8 Å². The van der Waals surface area contributed by atoms with Crippen LogP contribution < -0.4 is 11.1 Å². The molecule has 0 aliphatic heterocycles. The predicted octanol–water partition coefficient (Wildman–Crippen LogP) is 4.80. The molecule has 0 saturated heterocycles. The molecule has 25 heavy (non-hydrogen) atoms. The van der Waals surface area contributed by atoms with E-state index < -0.39 is 11.8 Å². The van der Waals surface area contributed by atoms with E-state index >= 15 is 0 Å². The highest BCUT2D eigenvalue weighted by atomic mass is 32.2. The molecule has 0 atom stereocenters. The van der Waals surface area contributed by atoms with Crippen LogP contribution >= 0.6 is 11.8 Å². The Bertz CT molecular complexity index is 325. The fraction of sp³-hybridized carbons (Fsp3) is 0.900. The Hall–Kier alpha value is -0.710. The second kappa shape index (κ2) is 19.6. The Balaban J connectivity index is 3.05. The molecule has 0 rings (SSSR count). The molecular formula is C20H40N2O2S. The Kier molecular flexibility index (Phi) is 19.1. The monoisotopic (exact) mass is 372 g/mol. The van der Waals surface area contributed by atoms with Crippen LogP contribution in [0, 0.1) is 0 Å². The van der Waals surface area contributed by atoms with Crippen molar-refractivity contribution in [1.82, 2.24) is 5.32 Å². The molecule has 4 nitrogen and oxygen atoms in total. The number of carbonyl (C=O) groups is 2. The van der Waals surface area contributed by atoms with E-state index in [0.29, 0.717) is 6.54 Å². The Morgan fingerprint density at radius 1 is 0.720 bits per heavy atom. The summed E-state index contributed by atoms with van der Waals surface area (Å²) in [5, 5.41) is 2.50. The molecular weight excluding hydrogens is 332 g/mol. The van der Waals surface area contributed by atoms with Crippen molar-refractivity contribution in [1.29, 1.82) is 0 Å². The Morgan fingerprint density at radius 3 is 1.60 bits per heavy atom. The summed E-state index contributed by atoms with van der Waals surface area (Å²) in [6.45, 7) is 2.79. The lowest BCUT2D eigenvalue weighted by molar-refractivity contribution is -0.137. The number of hydrogen-bond donors (Lipinski definition) is 2. The van der Waals surface area contributed by atoms with Gasteiger partial charge in [0.05, 0.1) is 0 Å². The van der Waals surface area contributed by atoms with Crippen LogP contribution in [0.2, 0.25) is 0 Å². The zero-order chi connectivity index (χ0) is 18.6. The first kappa shape index (κ1) is 24.3. The van der Waals surface area contributed by atoms with Crippen molar-refractivity contribution < 1.29 is 9.59 Å². The third-order valence-corrected chi connectivity index (χ3v) is 5.47. The second-order valence-corrected chi connectivity index (χ2v) is 8.05. The summed E-state index contributed by atoms with van der Waals surface area (Å²) in [5.74, 6) is 0.385. The minimum atomic E-state index is -0.906. The molecule has 0 aromatic heterocycles. The van der Waals surface area contributed by atoms with Crippen molar-refractivity contribution in [2.75, 3.05) is 18.1 Å². The van der Waals surface area contributed by atoms with Crippen molar-refractivity contribution in [3.05, 3.63) is 0 Å². The normalized spacial score (nSPS) is 10.8. The van der Waals surface area contributed by atoms with Gasteiger partial charge in [-0.1, -0.05) is 90.4 Å². The van der Waals surface area contributed by atoms with Gasteiger partial charge in [-0.05, 0) is 12.2 Å². The second-order valence-electron chi connectivity index (χ2n) is 6.83. The molecule has 0 heterocycles. The summed E-state index contributed by atoms with van der Waals surface area (Å²) in [6.07, 6.45) is 19.4. The van der Waals surface area contributed by atoms with Crippen LogP contribution in [0.5, 0.6) is 0 Å². The van der Waals surface area contributed by atoms with Crippen LogP contribution in [0.4, 0.5) is 0 Å². The maximum atomic E-state index is 10.9. The Morgan fingerprint density at radius 2 is 1.16 bits per heavy atom. The van der Waals surface area contributed by atoms with Gasteiger partial charge in [-0.2, -0.15) is 11.8 Å². The molecule has 5 heteroatoms. The van der Waals surface area contributed by atoms with Gasteiger partial charge in [0, 0.05) is 12.3 Å². The molecule has 148 valence electrons. The third kappa shape index (κ3) is 19.5. The lowest BCUT2D eigenvalue weighted by Crippen LogP contribution is -2.37. The topological polar surface area (TPSA) is 72.2 Å². The number of carbonyl (C=O) groups excluding carboxylic acids is 2. The summed E-state index contributed by atoms with van der Waals surface area (Å²) in [5.41, 5.74) is 4.85. The molecule has 0 aromatic carbocycles. The van der Waals surface area contributed by atoms with Crippen LogP contribution in [-0.2, 0) is 9.59 Å². The SMILES string of the molecule is CCCCCCCCCCCCCCCCSCCNC(=O)C(N)=O. The van der Waals surface area contributed by atoms with E-state index in [4.69, 9.17) is 5.73 Å².